The van der Waals surface area contributed by atoms with Gasteiger partial charge in [-0.15, -0.1) is 0 Å². The number of methoxy groups -OCH3 is 1. The molecule has 0 fully saturated rings. The monoisotopic (exact) mass is 278 g/mol. The smallest absolute Gasteiger partial charge is 0.354 e. The van der Waals surface area contributed by atoms with Crippen molar-refractivity contribution in [3.05, 3.63) is 29.8 Å². The first-order chi connectivity index (χ1) is 9.66. The lowest BCUT2D eigenvalue weighted by molar-refractivity contribution is -0.165. The van der Waals surface area contributed by atoms with Gasteiger partial charge < -0.3 is 20.0 Å². The summed E-state index contributed by atoms with van der Waals surface area (Å²) in [6.07, 6.45) is 0.264. The second-order valence-corrected chi connectivity index (χ2v) is 4.43. The average molecular weight is 278 g/mol. The molecule has 1 aromatic rings. The molecule has 0 radical (unpaired) electrons. The molecule has 2 rings (SSSR count). The number of hydrogen-bond acceptors (Lipinski definition) is 6. The minimum Gasteiger partial charge on any atom is -0.493 e. The maximum atomic E-state index is 11.8. The number of benzene rings is 1. The van der Waals surface area contributed by atoms with Gasteiger partial charge >= 0.3 is 5.97 Å². The van der Waals surface area contributed by atoms with Crippen LogP contribution >= 0.6 is 0 Å². The first-order valence-corrected chi connectivity index (χ1v) is 6.42. The average Bonchev–Trinajstić information content (AvgIpc) is 2.93. The Morgan fingerprint density at radius 2 is 2.25 bits per heavy atom. The Morgan fingerprint density at radius 1 is 1.50 bits per heavy atom. The number of rotatable bonds is 5. The van der Waals surface area contributed by atoms with Gasteiger partial charge in [-0.3, -0.25) is 0 Å². The van der Waals surface area contributed by atoms with E-state index in [4.69, 9.17) is 20.0 Å². The fourth-order valence-corrected chi connectivity index (χ4v) is 2.10. The maximum absolute atomic E-state index is 11.8. The second-order valence-electron chi connectivity index (χ2n) is 4.43. The van der Waals surface area contributed by atoms with Gasteiger partial charge in [-0.05, 0) is 19.1 Å². The predicted molar refractivity (Wildman–Crippen MR) is 73.7 cm³/mol. The van der Waals surface area contributed by atoms with E-state index >= 15 is 0 Å². The molecule has 20 heavy (non-hydrogen) atoms. The first-order valence-electron chi connectivity index (χ1n) is 6.42. The quantitative estimate of drug-likeness (QED) is 0.815. The number of carbonyl (C=O) groups excluding carboxylic acids is 1. The number of ether oxygens (including phenoxy) is 2. The molecule has 1 aliphatic heterocycles. The van der Waals surface area contributed by atoms with E-state index in [9.17, 15) is 4.79 Å². The summed E-state index contributed by atoms with van der Waals surface area (Å²) in [6.45, 7) is 2.45. The second kappa shape index (κ2) is 5.92. The number of nitrogens with two attached hydrogens (primary N) is 1. The van der Waals surface area contributed by atoms with Gasteiger partial charge in [0, 0.05) is 18.5 Å². The van der Waals surface area contributed by atoms with Gasteiger partial charge in [0.25, 0.3) is 5.60 Å². The molecule has 0 bridgehead atoms. The molecule has 6 heteroatoms. The summed E-state index contributed by atoms with van der Waals surface area (Å²) in [6, 6.07) is 7.47. The van der Waals surface area contributed by atoms with Crippen LogP contribution < -0.4 is 10.5 Å². The highest BCUT2D eigenvalue weighted by atomic mass is 16.7. The molecule has 6 nitrogen and oxygen atoms in total. The van der Waals surface area contributed by atoms with Gasteiger partial charge in [-0.1, -0.05) is 17.3 Å². The van der Waals surface area contributed by atoms with E-state index in [1.165, 1.54) is 7.11 Å². The standard InChI is InChI=1S/C14H18N2O4/c1-3-19-12-7-5-4-6-10(12)11-8-14(9-15,20-16-11)13(17)18-2/h4-7H,3,8-9,15H2,1-2H3. The Bertz CT molecular complexity index is 530. The molecule has 1 unspecified atom stereocenters. The minimum absolute atomic E-state index is 0.00345. The Kier molecular flexibility index (Phi) is 4.24. The summed E-state index contributed by atoms with van der Waals surface area (Å²) < 4.78 is 10.3. The molecular formula is C14H18N2O4. The molecule has 1 heterocycles. The molecule has 0 saturated heterocycles. The molecule has 0 spiro atoms. The molecular weight excluding hydrogens is 260 g/mol. The van der Waals surface area contributed by atoms with E-state index in [1.54, 1.807) is 0 Å². The Morgan fingerprint density at radius 3 is 2.90 bits per heavy atom. The van der Waals surface area contributed by atoms with E-state index in [1.807, 2.05) is 31.2 Å². The van der Waals surface area contributed by atoms with E-state index in [0.717, 1.165) is 5.56 Å². The van der Waals surface area contributed by atoms with Crippen molar-refractivity contribution >= 4 is 11.7 Å². The highest BCUT2D eigenvalue weighted by Crippen LogP contribution is 2.30. The predicted octanol–water partition coefficient (Wildman–Crippen LogP) is 1.08. The Labute approximate surface area is 117 Å². The maximum Gasteiger partial charge on any atom is 0.354 e. The number of hydrogen-bond donors (Lipinski definition) is 1. The van der Waals surface area contributed by atoms with Crippen LogP contribution in [0.1, 0.15) is 18.9 Å². The third-order valence-electron chi connectivity index (χ3n) is 3.17. The van der Waals surface area contributed by atoms with Gasteiger partial charge in [-0.2, -0.15) is 0 Å². The molecule has 108 valence electrons. The summed E-state index contributed by atoms with van der Waals surface area (Å²) in [4.78, 5) is 17.1. The Balaban J connectivity index is 2.27. The van der Waals surface area contributed by atoms with Crippen molar-refractivity contribution in [2.75, 3.05) is 20.3 Å². The molecule has 0 amide bonds. The highest BCUT2D eigenvalue weighted by molar-refractivity contribution is 6.06. The number of nitrogens with zero attached hydrogens (tertiary/aromatic N) is 1. The largest absolute Gasteiger partial charge is 0.493 e. The zero-order chi connectivity index (χ0) is 14.6. The van der Waals surface area contributed by atoms with Crippen LogP contribution in [0.2, 0.25) is 0 Å². The highest BCUT2D eigenvalue weighted by Gasteiger charge is 2.47. The number of carbonyl (C=O) groups is 1. The summed E-state index contributed by atoms with van der Waals surface area (Å²) in [5.74, 6) is 0.183. The fourth-order valence-electron chi connectivity index (χ4n) is 2.10. The molecule has 1 atom stereocenters. The van der Waals surface area contributed by atoms with Crippen molar-refractivity contribution in [2.24, 2.45) is 10.9 Å². The van der Waals surface area contributed by atoms with Crippen molar-refractivity contribution in [1.82, 2.24) is 0 Å². The topological polar surface area (TPSA) is 83.1 Å². The lowest BCUT2D eigenvalue weighted by atomic mass is 9.94. The van der Waals surface area contributed by atoms with Crippen LogP contribution in [0.5, 0.6) is 5.75 Å². The summed E-state index contributed by atoms with van der Waals surface area (Å²) in [5.41, 5.74) is 5.85. The lowest BCUT2D eigenvalue weighted by Gasteiger charge is -2.21. The van der Waals surface area contributed by atoms with Crippen LogP contribution in [0.15, 0.2) is 29.4 Å². The first kappa shape index (κ1) is 14.3. The molecule has 0 aliphatic carbocycles. The zero-order valence-electron chi connectivity index (χ0n) is 11.6. The van der Waals surface area contributed by atoms with Crippen LogP contribution in [-0.2, 0) is 14.4 Å². The Hall–Kier alpha value is -2.08. The van der Waals surface area contributed by atoms with Crippen LogP contribution in [0, 0.1) is 0 Å². The normalized spacial score (nSPS) is 21.1. The lowest BCUT2D eigenvalue weighted by Crippen LogP contribution is -2.46. The summed E-state index contributed by atoms with van der Waals surface area (Å²) >= 11 is 0. The van der Waals surface area contributed by atoms with Crippen molar-refractivity contribution in [2.45, 2.75) is 18.9 Å². The van der Waals surface area contributed by atoms with Crippen LogP contribution in [-0.4, -0.2) is 37.5 Å². The van der Waals surface area contributed by atoms with Gasteiger partial charge in [0.2, 0.25) is 0 Å². The minimum atomic E-state index is -1.23. The number of esters is 1. The number of para-hydroxylation sites is 1. The van der Waals surface area contributed by atoms with Gasteiger partial charge in [0.05, 0.1) is 19.4 Å². The van der Waals surface area contributed by atoms with Gasteiger partial charge in [0.15, 0.2) is 0 Å². The fraction of sp³-hybridized carbons (Fsp3) is 0.429. The van der Waals surface area contributed by atoms with E-state index in [-0.39, 0.29) is 13.0 Å². The van der Waals surface area contributed by atoms with Crippen LogP contribution in [0.25, 0.3) is 0 Å². The van der Waals surface area contributed by atoms with Crippen molar-refractivity contribution < 1.29 is 19.1 Å². The van der Waals surface area contributed by atoms with Crippen molar-refractivity contribution in [3.8, 4) is 5.75 Å². The third kappa shape index (κ3) is 2.46. The molecule has 0 aromatic heterocycles. The van der Waals surface area contributed by atoms with Crippen LogP contribution in [0.4, 0.5) is 0 Å². The molecule has 2 N–H and O–H groups in total. The van der Waals surface area contributed by atoms with E-state index < -0.39 is 11.6 Å². The molecule has 1 aromatic carbocycles. The van der Waals surface area contributed by atoms with E-state index in [0.29, 0.717) is 18.1 Å². The third-order valence-corrected chi connectivity index (χ3v) is 3.17. The zero-order valence-corrected chi connectivity index (χ0v) is 11.6. The van der Waals surface area contributed by atoms with Gasteiger partial charge in [-0.25, -0.2) is 4.79 Å². The van der Waals surface area contributed by atoms with Crippen molar-refractivity contribution in [3.63, 3.8) is 0 Å². The SMILES string of the molecule is CCOc1ccccc1C1=NOC(CN)(C(=O)OC)C1. The van der Waals surface area contributed by atoms with Gasteiger partial charge in [0.1, 0.15) is 5.75 Å². The van der Waals surface area contributed by atoms with Crippen molar-refractivity contribution in [1.29, 1.82) is 0 Å². The molecule has 1 aliphatic rings. The van der Waals surface area contributed by atoms with Crippen LogP contribution in [0.3, 0.4) is 0 Å². The van der Waals surface area contributed by atoms with E-state index in [2.05, 4.69) is 5.16 Å². The summed E-state index contributed by atoms with van der Waals surface area (Å²) in [7, 11) is 1.30. The summed E-state index contributed by atoms with van der Waals surface area (Å²) in [5, 5.41) is 4.00. The number of oxime groups is 1. The molecule has 0 saturated carbocycles.